The van der Waals surface area contributed by atoms with E-state index >= 15 is 0 Å². The number of thiophene rings is 1. The first-order chi connectivity index (χ1) is 12.6. The predicted octanol–water partition coefficient (Wildman–Crippen LogP) is 2.84. The Kier molecular flexibility index (Phi) is 4.52. The van der Waals surface area contributed by atoms with Crippen LogP contribution in [0.15, 0.2) is 24.5 Å². The number of nitrogens with one attached hydrogen (secondary N) is 3. The van der Waals surface area contributed by atoms with Crippen LogP contribution in [0.25, 0.3) is 10.2 Å². The lowest BCUT2D eigenvalue weighted by molar-refractivity contribution is -0.114. The molecule has 1 aliphatic rings. The van der Waals surface area contributed by atoms with E-state index in [1.165, 1.54) is 28.9 Å². The van der Waals surface area contributed by atoms with Crippen molar-refractivity contribution in [2.24, 2.45) is 0 Å². The van der Waals surface area contributed by atoms with Gasteiger partial charge in [0.2, 0.25) is 5.91 Å². The molecule has 3 N–H and O–H groups in total. The number of halogens is 1. The molecular weight excluding hydrogens is 353 g/mol. The molecule has 1 aliphatic heterocycles. The van der Waals surface area contributed by atoms with E-state index in [0.29, 0.717) is 11.5 Å². The zero-order valence-corrected chi connectivity index (χ0v) is 15.0. The van der Waals surface area contributed by atoms with Gasteiger partial charge in [-0.05, 0) is 43.1 Å². The summed E-state index contributed by atoms with van der Waals surface area (Å²) in [5.41, 5.74) is 2.54. The smallest absolute Gasteiger partial charge is 0.243 e. The number of rotatable bonds is 4. The summed E-state index contributed by atoms with van der Waals surface area (Å²) in [7, 11) is 0. The van der Waals surface area contributed by atoms with Crippen molar-refractivity contribution in [3.8, 4) is 0 Å². The number of aromatic nitrogens is 2. The van der Waals surface area contributed by atoms with Gasteiger partial charge < -0.3 is 16.0 Å². The average Bonchev–Trinajstić information content (AvgIpc) is 3.02. The average molecular weight is 371 g/mol. The molecule has 2 aromatic heterocycles. The van der Waals surface area contributed by atoms with Crippen molar-refractivity contribution < 1.29 is 9.18 Å². The topological polar surface area (TPSA) is 78.9 Å². The number of anilines is 2. The Morgan fingerprint density at radius 2 is 2.27 bits per heavy atom. The maximum absolute atomic E-state index is 13.4. The lowest BCUT2D eigenvalue weighted by Gasteiger charge is -2.14. The van der Waals surface area contributed by atoms with Crippen molar-refractivity contribution in [2.75, 3.05) is 23.7 Å². The summed E-state index contributed by atoms with van der Waals surface area (Å²) < 4.78 is 13.4. The quantitative estimate of drug-likeness (QED) is 0.657. The highest BCUT2D eigenvalue weighted by Crippen LogP contribution is 2.35. The first-order valence-electron chi connectivity index (χ1n) is 8.37. The zero-order valence-electron chi connectivity index (χ0n) is 14.2. The molecule has 8 heteroatoms. The highest BCUT2D eigenvalue weighted by Gasteiger charge is 2.19. The van der Waals surface area contributed by atoms with Crippen LogP contribution in [0.1, 0.15) is 16.0 Å². The summed E-state index contributed by atoms with van der Waals surface area (Å²) in [6, 6.07) is 4.33. The minimum Gasteiger partial charge on any atom is -0.360 e. The third-order valence-electron chi connectivity index (χ3n) is 4.40. The molecule has 0 fully saturated rings. The van der Waals surface area contributed by atoms with Crippen molar-refractivity contribution in [1.82, 2.24) is 15.3 Å². The van der Waals surface area contributed by atoms with Gasteiger partial charge in [0.15, 0.2) is 0 Å². The third-order valence-corrected chi connectivity index (χ3v) is 5.54. The summed E-state index contributed by atoms with van der Waals surface area (Å²) in [5.74, 6) is 0.0339. The number of hydrogen-bond acceptors (Lipinski definition) is 6. The maximum Gasteiger partial charge on any atom is 0.243 e. The number of nitrogens with zero attached hydrogens (tertiary/aromatic N) is 2. The number of carbonyl (C=O) groups is 1. The van der Waals surface area contributed by atoms with E-state index in [1.54, 1.807) is 17.4 Å². The van der Waals surface area contributed by atoms with Gasteiger partial charge in [0.1, 0.15) is 22.8 Å². The zero-order chi connectivity index (χ0) is 18.1. The Balaban J connectivity index is 1.52. The molecule has 134 valence electrons. The third kappa shape index (κ3) is 3.25. The molecule has 1 aromatic carbocycles. The van der Waals surface area contributed by atoms with Crippen LogP contribution in [0.3, 0.4) is 0 Å². The van der Waals surface area contributed by atoms with E-state index in [9.17, 15) is 9.18 Å². The van der Waals surface area contributed by atoms with E-state index in [0.717, 1.165) is 35.3 Å². The van der Waals surface area contributed by atoms with E-state index in [2.05, 4.69) is 25.9 Å². The fraction of sp³-hybridized carbons (Fsp3) is 0.278. The van der Waals surface area contributed by atoms with Crippen molar-refractivity contribution in [1.29, 1.82) is 0 Å². The van der Waals surface area contributed by atoms with Crippen LogP contribution in [0.5, 0.6) is 0 Å². The summed E-state index contributed by atoms with van der Waals surface area (Å²) in [4.78, 5) is 23.1. The second kappa shape index (κ2) is 6.97. The van der Waals surface area contributed by atoms with Crippen LogP contribution in [0.4, 0.5) is 15.9 Å². The van der Waals surface area contributed by atoms with Gasteiger partial charge in [-0.3, -0.25) is 4.79 Å². The number of hydrogen-bond donors (Lipinski definition) is 3. The largest absolute Gasteiger partial charge is 0.360 e. The van der Waals surface area contributed by atoms with Gasteiger partial charge in [0.05, 0.1) is 11.9 Å². The van der Waals surface area contributed by atoms with Gasteiger partial charge in [-0.15, -0.1) is 11.3 Å². The van der Waals surface area contributed by atoms with Crippen molar-refractivity contribution in [2.45, 2.75) is 19.9 Å². The fourth-order valence-electron chi connectivity index (χ4n) is 3.08. The Hall–Kier alpha value is -2.58. The maximum atomic E-state index is 13.4. The monoisotopic (exact) mass is 371 g/mol. The molecule has 1 amide bonds. The van der Waals surface area contributed by atoms with E-state index in [-0.39, 0.29) is 18.3 Å². The van der Waals surface area contributed by atoms with Gasteiger partial charge in [0.25, 0.3) is 0 Å². The molecule has 0 unspecified atom stereocenters. The lowest BCUT2D eigenvalue weighted by Crippen LogP contribution is -2.23. The SMILES string of the molecule is Cc1ccc(F)cc1NC(=O)CNc1ncnc2sc3c(c12)CCNC3. The van der Waals surface area contributed by atoms with Gasteiger partial charge in [0, 0.05) is 17.1 Å². The minimum absolute atomic E-state index is 0.0466. The molecule has 0 bridgehead atoms. The van der Waals surface area contributed by atoms with Crippen LogP contribution in [0.2, 0.25) is 0 Å². The van der Waals surface area contributed by atoms with Crippen LogP contribution in [-0.2, 0) is 17.8 Å². The Labute approximate surface area is 153 Å². The van der Waals surface area contributed by atoms with Crippen LogP contribution in [-0.4, -0.2) is 29.0 Å². The molecule has 4 rings (SSSR count). The van der Waals surface area contributed by atoms with Crippen LogP contribution >= 0.6 is 11.3 Å². The van der Waals surface area contributed by atoms with Crippen LogP contribution in [0, 0.1) is 12.7 Å². The molecular formula is C18H18FN5OS. The molecule has 0 aliphatic carbocycles. The number of amides is 1. The number of carbonyl (C=O) groups excluding carboxylic acids is 1. The first-order valence-corrected chi connectivity index (χ1v) is 9.19. The number of fused-ring (bicyclic) bond motifs is 3. The van der Waals surface area contributed by atoms with Gasteiger partial charge in [-0.1, -0.05) is 6.07 Å². The van der Waals surface area contributed by atoms with Gasteiger partial charge >= 0.3 is 0 Å². The van der Waals surface area contributed by atoms with Gasteiger partial charge in [-0.2, -0.15) is 0 Å². The second-order valence-corrected chi connectivity index (χ2v) is 7.28. The first kappa shape index (κ1) is 16.9. The van der Waals surface area contributed by atoms with Crippen LogP contribution < -0.4 is 16.0 Å². The van der Waals surface area contributed by atoms with Crippen molar-refractivity contribution in [3.05, 3.63) is 46.3 Å². The Morgan fingerprint density at radius 1 is 1.38 bits per heavy atom. The van der Waals surface area contributed by atoms with E-state index < -0.39 is 0 Å². The van der Waals surface area contributed by atoms with E-state index in [4.69, 9.17) is 0 Å². The minimum atomic E-state index is -0.380. The van der Waals surface area contributed by atoms with Crippen molar-refractivity contribution in [3.63, 3.8) is 0 Å². The van der Waals surface area contributed by atoms with Gasteiger partial charge in [-0.25, -0.2) is 14.4 Å². The highest BCUT2D eigenvalue weighted by atomic mass is 32.1. The molecule has 0 saturated carbocycles. The normalized spacial score (nSPS) is 13.5. The summed E-state index contributed by atoms with van der Waals surface area (Å²) in [6.45, 7) is 3.63. The molecule has 0 radical (unpaired) electrons. The standard InChI is InChI=1S/C18H18FN5OS/c1-10-2-3-11(19)6-13(10)24-15(25)8-21-17-16-12-4-5-20-7-14(12)26-18(16)23-9-22-17/h2-3,6,9,20H,4-5,7-8H2,1H3,(H,24,25)(H,21,22,23). The number of aryl methyl sites for hydroxylation is 1. The second-order valence-electron chi connectivity index (χ2n) is 6.19. The number of benzene rings is 1. The Bertz CT molecular complexity index is 987. The van der Waals surface area contributed by atoms with E-state index in [1.807, 2.05) is 6.92 Å². The lowest BCUT2D eigenvalue weighted by atomic mass is 10.1. The highest BCUT2D eigenvalue weighted by molar-refractivity contribution is 7.19. The molecule has 26 heavy (non-hydrogen) atoms. The predicted molar refractivity (Wildman–Crippen MR) is 101 cm³/mol. The summed E-state index contributed by atoms with van der Waals surface area (Å²) in [6.07, 6.45) is 2.43. The fourth-order valence-corrected chi connectivity index (χ4v) is 4.24. The molecule has 3 aromatic rings. The molecule has 0 atom stereocenters. The Morgan fingerprint density at radius 3 is 3.15 bits per heavy atom. The molecule has 0 spiro atoms. The summed E-state index contributed by atoms with van der Waals surface area (Å²) >= 11 is 1.66. The molecule has 0 saturated heterocycles. The summed E-state index contributed by atoms with van der Waals surface area (Å²) in [5, 5.41) is 10.2. The van der Waals surface area contributed by atoms with Crippen molar-refractivity contribution >= 4 is 39.0 Å². The molecule has 6 nitrogen and oxygen atoms in total. The molecule has 3 heterocycles.